The molecule has 1 N–H and O–H groups in total. The number of hydrogen-bond donors (Lipinski definition) is 1. The zero-order valence-corrected chi connectivity index (χ0v) is 10.7. The molecule has 74 valence electrons. The molecule has 0 aliphatic heterocycles. The molecule has 0 radical (unpaired) electrons. The van der Waals surface area contributed by atoms with Crippen LogP contribution in [0.3, 0.4) is 0 Å². The first kappa shape index (κ1) is 11.2. The molecular formula is C10H16BrNS. The Balaban J connectivity index is 2.84. The van der Waals surface area contributed by atoms with E-state index in [9.17, 15) is 0 Å². The van der Waals surface area contributed by atoms with E-state index in [1.54, 1.807) is 11.3 Å². The quantitative estimate of drug-likeness (QED) is 0.869. The molecule has 1 nitrogen and oxygen atoms in total. The van der Waals surface area contributed by atoms with Crippen molar-refractivity contribution in [1.82, 2.24) is 5.32 Å². The molecule has 0 bridgehead atoms. The SMILES string of the molecule is CCC(C)C(NC)c1cscc1Br. The van der Waals surface area contributed by atoms with E-state index in [4.69, 9.17) is 0 Å². The summed E-state index contributed by atoms with van der Waals surface area (Å²) in [6.45, 7) is 4.51. The molecule has 3 heteroatoms. The molecule has 0 aromatic carbocycles. The van der Waals surface area contributed by atoms with E-state index in [1.165, 1.54) is 16.5 Å². The molecule has 0 saturated heterocycles. The maximum absolute atomic E-state index is 3.58. The van der Waals surface area contributed by atoms with Gasteiger partial charge in [0.1, 0.15) is 0 Å². The Morgan fingerprint density at radius 2 is 2.23 bits per heavy atom. The van der Waals surface area contributed by atoms with Crippen LogP contribution in [0, 0.1) is 5.92 Å². The van der Waals surface area contributed by atoms with Gasteiger partial charge in [0.25, 0.3) is 0 Å². The summed E-state index contributed by atoms with van der Waals surface area (Å²) in [4.78, 5) is 0. The highest BCUT2D eigenvalue weighted by Gasteiger charge is 2.18. The van der Waals surface area contributed by atoms with E-state index < -0.39 is 0 Å². The largest absolute Gasteiger partial charge is 0.313 e. The number of halogens is 1. The molecule has 2 atom stereocenters. The third-order valence-electron chi connectivity index (χ3n) is 2.50. The van der Waals surface area contributed by atoms with Crippen LogP contribution in [0.2, 0.25) is 0 Å². The van der Waals surface area contributed by atoms with Crippen LogP contribution in [0.5, 0.6) is 0 Å². The summed E-state index contributed by atoms with van der Waals surface area (Å²) in [5.74, 6) is 0.677. The minimum absolute atomic E-state index is 0.477. The molecule has 0 aliphatic carbocycles. The van der Waals surface area contributed by atoms with Crippen LogP contribution in [0.1, 0.15) is 31.9 Å². The van der Waals surface area contributed by atoms with Gasteiger partial charge in [0.15, 0.2) is 0 Å². The molecule has 1 heterocycles. The number of thiophene rings is 1. The van der Waals surface area contributed by atoms with Crippen LogP contribution in [0.25, 0.3) is 0 Å². The highest BCUT2D eigenvalue weighted by Crippen LogP contribution is 2.32. The standard InChI is InChI=1S/C10H16BrNS/c1-4-7(2)10(12-3)8-5-13-6-9(8)11/h5-7,10,12H,4H2,1-3H3. The lowest BCUT2D eigenvalue weighted by Gasteiger charge is -2.22. The first-order valence-electron chi connectivity index (χ1n) is 4.59. The Kier molecular flexibility index (Phi) is 4.42. The fraction of sp³-hybridized carbons (Fsp3) is 0.600. The maximum atomic E-state index is 3.58. The minimum Gasteiger partial charge on any atom is -0.313 e. The zero-order valence-electron chi connectivity index (χ0n) is 8.30. The Hall–Kier alpha value is 0.140. The molecular weight excluding hydrogens is 246 g/mol. The second kappa shape index (κ2) is 5.13. The number of hydrogen-bond acceptors (Lipinski definition) is 2. The smallest absolute Gasteiger partial charge is 0.0362 e. The van der Waals surface area contributed by atoms with E-state index in [-0.39, 0.29) is 0 Å². The van der Waals surface area contributed by atoms with Crippen LogP contribution >= 0.6 is 27.3 Å². The average molecular weight is 262 g/mol. The van der Waals surface area contributed by atoms with Gasteiger partial charge in [0.2, 0.25) is 0 Å². The predicted molar refractivity (Wildman–Crippen MR) is 63.3 cm³/mol. The van der Waals surface area contributed by atoms with Gasteiger partial charge in [-0.25, -0.2) is 0 Å². The van der Waals surface area contributed by atoms with Crippen LogP contribution < -0.4 is 5.32 Å². The highest BCUT2D eigenvalue weighted by molar-refractivity contribution is 9.10. The molecule has 0 fully saturated rings. The Bertz CT molecular complexity index is 259. The lowest BCUT2D eigenvalue weighted by Crippen LogP contribution is -2.22. The van der Waals surface area contributed by atoms with Crippen molar-refractivity contribution in [3.63, 3.8) is 0 Å². The monoisotopic (exact) mass is 261 g/mol. The van der Waals surface area contributed by atoms with Gasteiger partial charge >= 0.3 is 0 Å². The van der Waals surface area contributed by atoms with Gasteiger partial charge in [-0.1, -0.05) is 20.3 Å². The summed E-state index contributed by atoms with van der Waals surface area (Å²) >= 11 is 5.33. The van der Waals surface area contributed by atoms with Crippen molar-refractivity contribution in [2.24, 2.45) is 5.92 Å². The molecule has 1 aromatic rings. The van der Waals surface area contributed by atoms with Crippen LogP contribution in [-0.4, -0.2) is 7.05 Å². The Morgan fingerprint density at radius 1 is 1.54 bits per heavy atom. The number of rotatable bonds is 4. The van der Waals surface area contributed by atoms with Gasteiger partial charge in [0.05, 0.1) is 0 Å². The van der Waals surface area contributed by atoms with Gasteiger partial charge < -0.3 is 5.32 Å². The third-order valence-corrected chi connectivity index (χ3v) is 4.25. The van der Waals surface area contributed by atoms with E-state index >= 15 is 0 Å². The van der Waals surface area contributed by atoms with Crippen molar-refractivity contribution in [3.05, 3.63) is 20.8 Å². The van der Waals surface area contributed by atoms with E-state index in [1.807, 2.05) is 7.05 Å². The Morgan fingerprint density at radius 3 is 2.62 bits per heavy atom. The van der Waals surface area contributed by atoms with Crippen LogP contribution in [0.4, 0.5) is 0 Å². The zero-order chi connectivity index (χ0) is 9.84. The van der Waals surface area contributed by atoms with Crippen LogP contribution in [0.15, 0.2) is 15.2 Å². The molecule has 0 amide bonds. The first-order chi connectivity index (χ1) is 6.20. The van der Waals surface area contributed by atoms with Crippen molar-refractivity contribution in [3.8, 4) is 0 Å². The van der Waals surface area contributed by atoms with E-state index in [2.05, 4.69) is 45.9 Å². The summed E-state index contributed by atoms with van der Waals surface area (Å²) in [6.07, 6.45) is 1.20. The summed E-state index contributed by atoms with van der Waals surface area (Å²) in [7, 11) is 2.03. The Labute approximate surface area is 92.7 Å². The van der Waals surface area contributed by atoms with Gasteiger partial charge in [0, 0.05) is 15.9 Å². The van der Waals surface area contributed by atoms with Gasteiger partial charge in [-0.3, -0.25) is 0 Å². The molecule has 0 spiro atoms. The molecule has 0 aliphatic rings. The fourth-order valence-corrected chi connectivity index (χ4v) is 3.08. The maximum Gasteiger partial charge on any atom is 0.0362 e. The summed E-state index contributed by atoms with van der Waals surface area (Å²) < 4.78 is 1.23. The second-order valence-corrected chi connectivity index (χ2v) is 4.92. The van der Waals surface area contributed by atoms with E-state index in [0.29, 0.717) is 12.0 Å². The molecule has 0 saturated carbocycles. The summed E-state index contributed by atoms with van der Waals surface area (Å²) in [5.41, 5.74) is 1.39. The van der Waals surface area contributed by atoms with Crippen molar-refractivity contribution in [1.29, 1.82) is 0 Å². The van der Waals surface area contributed by atoms with Crippen molar-refractivity contribution in [2.45, 2.75) is 26.3 Å². The van der Waals surface area contributed by atoms with Crippen molar-refractivity contribution < 1.29 is 0 Å². The normalized spacial score (nSPS) is 15.7. The van der Waals surface area contributed by atoms with Crippen molar-refractivity contribution >= 4 is 27.3 Å². The molecule has 13 heavy (non-hydrogen) atoms. The van der Waals surface area contributed by atoms with Gasteiger partial charge in [-0.2, -0.15) is 11.3 Å². The summed E-state index contributed by atoms with van der Waals surface area (Å²) in [6, 6.07) is 0.477. The minimum atomic E-state index is 0.477. The second-order valence-electron chi connectivity index (χ2n) is 3.33. The average Bonchev–Trinajstić information content (AvgIpc) is 2.53. The molecule has 1 rings (SSSR count). The first-order valence-corrected chi connectivity index (χ1v) is 6.33. The van der Waals surface area contributed by atoms with Gasteiger partial charge in [-0.05, 0) is 39.8 Å². The lowest BCUT2D eigenvalue weighted by atomic mass is 9.95. The summed E-state index contributed by atoms with van der Waals surface area (Å²) in [5, 5.41) is 7.73. The van der Waals surface area contributed by atoms with Gasteiger partial charge in [-0.15, -0.1) is 0 Å². The third kappa shape index (κ3) is 2.55. The fourth-order valence-electron chi connectivity index (χ4n) is 1.50. The highest BCUT2D eigenvalue weighted by atomic mass is 79.9. The molecule has 1 aromatic heterocycles. The van der Waals surface area contributed by atoms with E-state index in [0.717, 1.165) is 0 Å². The predicted octanol–water partition coefficient (Wildman–Crippen LogP) is 3.82. The van der Waals surface area contributed by atoms with Crippen LogP contribution in [-0.2, 0) is 0 Å². The molecule has 2 unspecified atom stereocenters. The topological polar surface area (TPSA) is 12.0 Å². The number of nitrogens with one attached hydrogen (secondary N) is 1. The lowest BCUT2D eigenvalue weighted by molar-refractivity contribution is 0.400. The van der Waals surface area contributed by atoms with Crippen molar-refractivity contribution in [2.75, 3.05) is 7.05 Å².